The lowest BCUT2D eigenvalue weighted by Crippen LogP contribution is -2.41. The van der Waals surface area contributed by atoms with Crippen LogP contribution >= 0.6 is 0 Å². The van der Waals surface area contributed by atoms with Gasteiger partial charge in [0.05, 0.1) is 12.1 Å². The first-order chi connectivity index (χ1) is 9.22. The van der Waals surface area contributed by atoms with E-state index in [9.17, 15) is 0 Å². The average Bonchev–Trinajstić information content (AvgIpc) is 3.05. The topological polar surface area (TPSA) is 45.7 Å². The van der Waals surface area contributed by atoms with Crippen LogP contribution in [0, 0.1) is 5.92 Å². The third-order valence-electron chi connectivity index (χ3n) is 4.25. The van der Waals surface area contributed by atoms with E-state index in [1.54, 1.807) is 0 Å². The van der Waals surface area contributed by atoms with Gasteiger partial charge in [-0.1, -0.05) is 12.8 Å². The first-order valence-corrected chi connectivity index (χ1v) is 7.88. The number of nitrogens with one attached hydrogen (secondary N) is 2. The predicted octanol–water partition coefficient (Wildman–Crippen LogP) is 2.30. The molecule has 110 valence electrons. The highest BCUT2D eigenvalue weighted by Crippen LogP contribution is 2.25. The molecule has 2 aliphatic rings. The van der Waals surface area contributed by atoms with Crippen LogP contribution in [0.5, 0.6) is 0 Å². The van der Waals surface area contributed by atoms with Gasteiger partial charge in [0.25, 0.3) is 0 Å². The number of rotatable bonds is 5. The Bertz CT molecular complexity index is 292. The van der Waals surface area contributed by atoms with Gasteiger partial charge in [-0.2, -0.15) is 0 Å². The van der Waals surface area contributed by atoms with Crippen LogP contribution in [-0.4, -0.2) is 37.8 Å². The second-order valence-electron chi connectivity index (χ2n) is 6.13. The van der Waals surface area contributed by atoms with Crippen molar-refractivity contribution >= 4 is 5.96 Å². The van der Waals surface area contributed by atoms with E-state index >= 15 is 0 Å². The van der Waals surface area contributed by atoms with Gasteiger partial charge in [-0.15, -0.1) is 0 Å². The molecule has 0 aromatic heterocycles. The predicted molar refractivity (Wildman–Crippen MR) is 79.5 cm³/mol. The molecule has 0 amide bonds. The Morgan fingerprint density at radius 1 is 1.26 bits per heavy atom. The molecule has 1 heterocycles. The van der Waals surface area contributed by atoms with E-state index in [1.807, 2.05) is 0 Å². The Hall–Kier alpha value is -0.770. The highest BCUT2D eigenvalue weighted by molar-refractivity contribution is 5.79. The zero-order valence-electron chi connectivity index (χ0n) is 12.5. The van der Waals surface area contributed by atoms with Crippen LogP contribution in [0.15, 0.2) is 4.99 Å². The van der Waals surface area contributed by atoms with Crippen molar-refractivity contribution in [1.29, 1.82) is 0 Å². The van der Waals surface area contributed by atoms with Gasteiger partial charge < -0.3 is 15.4 Å². The summed E-state index contributed by atoms with van der Waals surface area (Å²) >= 11 is 0. The normalized spacial score (nSPS) is 28.8. The molecular weight excluding hydrogens is 238 g/mol. The highest BCUT2D eigenvalue weighted by atomic mass is 16.5. The SMILES string of the molecule is CCNC(=NCC1(C)CCCO1)NCC1CCCC1. The highest BCUT2D eigenvalue weighted by Gasteiger charge is 2.29. The molecular formula is C15H29N3O. The summed E-state index contributed by atoms with van der Waals surface area (Å²) in [6.45, 7) is 7.90. The van der Waals surface area contributed by atoms with E-state index < -0.39 is 0 Å². The maximum absolute atomic E-state index is 5.78. The molecule has 19 heavy (non-hydrogen) atoms. The summed E-state index contributed by atoms with van der Waals surface area (Å²) in [5.41, 5.74) is -0.0459. The van der Waals surface area contributed by atoms with Crippen LogP contribution in [0.4, 0.5) is 0 Å². The maximum Gasteiger partial charge on any atom is 0.191 e. The third kappa shape index (κ3) is 4.68. The number of guanidine groups is 1. The smallest absolute Gasteiger partial charge is 0.191 e. The van der Waals surface area contributed by atoms with E-state index in [4.69, 9.17) is 9.73 Å². The summed E-state index contributed by atoms with van der Waals surface area (Å²) < 4.78 is 5.78. The van der Waals surface area contributed by atoms with Crippen molar-refractivity contribution in [2.24, 2.45) is 10.9 Å². The van der Waals surface area contributed by atoms with Crippen LogP contribution in [0.2, 0.25) is 0 Å². The molecule has 0 bridgehead atoms. The Kier molecular flexibility index (Phi) is 5.49. The molecule has 0 aromatic rings. The minimum atomic E-state index is -0.0459. The first kappa shape index (κ1) is 14.6. The Balaban J connectivity index is 1.79. The van der Waals surface area contributed by atoms with Gasteiger partial charge in [0.2, 0.25) is 0 Å². The molecule has 2 fully saturated rings. The summed E-state index contributed by atoms with van der Waals surface area (Å²) in [5, 5.41) is 6.82. The molecule has 1 aliphatic heterocycles. The van der Waals surface area contributed by atoms with Gasteiger partial charge in [0.1, 0.15) is 0 Å². The monoisotopic (exact) mass is 267 g/mol. The van der Waals surface area contributed by atoms with Crippen LogP contribution in [0.1, 0.15) is 52.4 Å². The van der Waals surface area contributed by atoms with Crippen molar-refractivity contribution in [3.05, 3.63) is 0 Å². The van der Waals surface area contributed by atoms with Gasteiger partial charge in [0.15, 0.2) is 5.96 Å². The van der Waals surface area contributed by atoms with Crippen molar-refractivity contribution < 1.29 is 4.74 Å². The molecule has 1 saturated carbocycles. The van der Waals surface area contributed by atoms with E-state index in [2.05, 4.69) is 24.5 Å². The molecule has 1 unspecified atom stereocenters. The summed E-state index contributed by atoms with van der Waals surface area (Å²) in [6.07, 6.45) is 7.81. The largest absolute Gasteiger partial charge is 0.373 e. The van der Waals surface area contributed by atoms with Gasteiger partial charge in [0, 0.05) is 19.7 Å². The van der Waals surface area contributed by atoms with Crippen molar-refractivity contribution in [1.82, 2.24) is 10.6 Å². The minimum absolute atomic E-state index is 0.0459. The molecule has 4 nitrogen and oxygen atoms in total. The van der Waals surface area contributed by atoms with E-state index in [1.165, 1.54) is 25.7 Å². The summed E-state index contributed by atoms with van der Waals surface area (Å²) in [5.74, 6) is 1.79. The van der Waals surface area contributed by atoms with Crippen LogP contribution < -0.4 is 10.6 Å². The number of ether oxygens (including phenoxy) is 1. The van der Waals surface area contributed by atoms with Gasteiger partial charge >= 0.3 is 0 Å². The Morgan fingerprint density at radius 2 is 2.05 bits per heavy atom. The van der Waals surface area contributed by atoms with Crippen molar-refractivity contribution in [3.63, 3.8) is 0 Å². The fourth-order valence-corrected chi connectivity index (χ4v) is 3.01. The van der Waals surface area contributed by atoms with E-state index in [0.29, 0.717) is 0 Å². The van der Waals surface area contributed by atoms with Crippen molar-refractivity contribution in [2.75, 3.05) is 26.2 Å². The zero-order chi connectivity index (χ0) is 13.6. The molecule has 1 saturated heterocycles. The molecule has 0 radical (unpaired) electrons. The van der Waals surface area contributed by atoms with Gasteiger partial charge in [-0.3, -0.25) is 4.99 Å². The molecule has 0 aromatic carbocycles. The third-order valence-corrected chi connectivity index (χ3v) is 4.25. The zero-order valence-corrected chi connectivity index (χ0v) is 12.5. The summed E-state index contributed by atoms with van der Waals surface area (Å²) in [7, 11) is 0. The van der Waals surface area contributed by atoms with Gasteiger partial charge in [-0.05, 0) is 45.4 Å². The quantitative estimate of drug-likeness (QED) is 0.593. The minimum Gasteiger partial charge on any atom is -0.373 e. The molecule has 2 N–H and O–H groups in total. The second kappa shape index (κ2) is 7.13. The molecule has 2 rings (SSSR count). The Morgan fingerprint density at radius 3 is 2.68 bits per heavy atom. The number of nitrogens with zero attached hydrogens (tertiary/aromatic N) is 1. The first-order valence-electron chi connectivity index (χ1n) is 7.88. The second-order valence-corrected chi connectivity index (χ2v) is 6.13. The lowest BCUT2D eigenvalue weighted by molar-refractivity contribution is 0.0283. The molecule has 4 heteroatoms. The van der Waals surface area contributed by atoms with Crippen LogP contribution in [-0.2, 0) is 4.74 Å². The lowest BCUT2D eigenvalue weighted by atomic mass is 10.0. The standard InChI is InChI=1S/C15H29N3O/c1-3-16-14(17-11-13-7-4-5-8-13)18-12-15(2)9-6-10-19-15/h13H,3-12H2,1-2H3,(H2,16,17,18). The molecule has 1 aliphatic carbocycles. The number of hydrogen-bond donors (Lipinski definition) is 2. The molecule has 0 spiro atoms. The van der Waals surface area contributed by atoms with E-state index in [0.717, 1.165) is 51.0 Å². The lowest BCUT2D eigenvalue weighted by Gasteiger charge is -2.22. The van der Waals surface area contributed by atoms with Crippen LogP contribution in [0.3, 0.4) is 0 Å². The molecule has 1 atom stereocenters. The maximum atomic E-state index is 5.78. The number of hydrogen-bond acceptors (Lipinski definition) is 2. The number of aliphatic imine (C=N–C) groups is 1. The van der Waals surface area contributed by atoms with Crippen LogP contribution in [0.25, 0.3) is 0 Å². The average molecular weight is 267 g/mol. The Labute approximate surface area is 117 Å². The van der Waals surface area contributed by atoms with Crippen molar-refractivity contribution in [2.45, 2.75) is 58.0 Å². The van der Waals surface area contributed by atoms with Gasteiger partial charge in [-0.25, -0.2) is 0 Å². The summed E-state index contributed by atoms with van der Waals surface area (Å²) in [4.78, 5) is 4.70. The fraction of sp³-hybridized carbons (Fsp3) is 0.933. The summed E-state index contributed by atoms with van der Waals surface area (Å²) in [6, 6.07) is 0. The fourth-order valence-electron chi connectivity index (χ4n) is 3.01. The van der Waals surface area contributed by atoms with E-state index in [-0.39, 0.29) is 5.60 Å². The van der Waals surface area contributed by atoms with Crippen molar-refractivity contribution in [3.8, 4) is 0 Å².